The molecule has 0 aliphatic heterocycles. The molecule has 1 nitrogen and oxygen atoms in total. The number of hydrogen-bond acceptors (Lipinski definition) is 2. The summed E-state index contributed by atoms with van der Waals surface area (Å²) < 4.78 is 1.19. The second kappa shape index (κ2) is 6.24. The molecule has 1 N–H and O–H groups in total. The molecule has 15 heavy (non-hydrogen) atoms. The molecule has 0 radical (unpaired) electrons. The minimum absolute atomic E-state index is 0.288. The second-order valence-corrected chi connectivity index (χ2v) is 7.34. The van der Waals surface area contributed by atoms with Crippen LogP contribution in [-0.4, -0.2) is 12.4 Å². The van der Waals surface area contributed by atoms with Gasteiger partial charge >= 0.3 is 0 Å². The van der Waals surface area contributed by atoms with E-state index in [0.29, 0.717) is 0 Å². The fourth-order valence-electron chi connectivity index (χ4n) is 1.32. The first-order valence-corrected chi connectivity index (χ1v) is 7.19. The Labute approximate surface area is 109 Å². The van der Waals surface area contributed by atoms with Crippen molar-refractivity contribution in [3.05, 3.63) is 20.8 Å². The molecule has 0 unspecified atom stereocenters. The molecule has 0 saturated heterocycles. The van der Waals surface area contributed by atoms with Crippen molar-refractivity contribution in [1.82, 2.24) is 5.32 Å². The molecular weight excluding hydrogens is 294 g/mol. The predicted molar refractivity (Wildman–Crippen MR) is 72.8 cm³/mol. The van der Waals surface area contributed by atoms with E-state index in [1.807, 2.05) is 0 Å². The minimum Gasteiger partial charge on any atom is -0.311 e. The van der Waals surface area contributed by atoms with Crippen LogP contribution < -0.4 is 5.32 Å². The molecule has 0 bridgehead atoms. The van der Waals surface area contributed by atoms with Gasteiger partial charge in [0.15, 0.2) is 0 Å². The minimum atomic E-state index is 0.288. The van der Waals surface area contributed by atoms with Crippen LogP contribution in [0.15, 0.2) is 15.9 Å². The first kappa shape index (κ1) is 13.5. The Morgan fingerprint density at radius 3 is 2.73 bits per heavy atom. The molecule has 4 heteroatoms. The smallest absolute Gasteiger partial charge is 0.0701 e. The molecule has 0 aliphatic carbocycles. The number of halogens is 2. The molecule has 0 fully saturated rings. The highest BCUT2D eigenvalue weighted by Gasteiger charge is 2.16. The summed E-state index contributed by atoms with van der Waals surface area (Å²) in [5.41, 5.74) is 0.288. The Kier molecular flexibility index (Phi) is 5.61. The molecule has 1 aromatic rings. The monoisotopic (exact) mass is 309 g/mol. The number of hydrogen-bond donors (Lipinski definition) is 1. The Bertz CT molecular complexity index is 299. The number of nitrogens with one attached hydrogen (secondary N) is 1. The van der Waals surface area contributed by atoms with Crippen LogP contribution in [0.25, 0.3) is 0 Å². The Hall–Kier alpha value is 0.430. The van der Waals surface area contributed by atoms with Crippen LogP contribution in [0.5, 0.6) is 0 Å². The third-order valence-electron chi connectivity index (χ3n) is 2.30. The lowest BCUT2D eigenvalue weighted by atomic mass is 9.90. The Balaban J connectivity index is 2.27. The zero-order valence-electron chi connectivity index (χ0n) is 9.15. The van der Waals surface area contributed by atoms with Gasteiger partial charge in [-0.15, -0.1) is 22.9 Å². The van der Waals surface area contributed by atoms with Gasteiger partial charge in [-0.25, -0.2) is 0 Å². The van der Waals surface area contributed by atoms with Crippen LogP contribution in [0, 0.1) is 5.41 Å². The van der Waals surface area contributed by atoms with E-state index in [0.717, 1.165) is 25.4 Å². The van der Waals surface area contributed by atoms with Gasteiger partial charge in [0.25, 0.3) is 0 Å². The van der Waals surface area contributed by atoms with Gasteiger partial charge in [-0.2, -0.15) is 0 Å². The molecule has 1 aromatic heterocycles. The van der Waals surface area contributed by atoms with Crippen molar-refractivity contribution >= 4 is 38.9 Å². The quantitative estimate of drug-likeness (QED) is 0.774. The van der Waals surface area contributed by atoms with E-state index in [9.17, 15) is 0 Å². The second-order valence-electron chi connectivity index (χ2n) is 4.41. The van der Waals surface area contributed by atoms with Crippen molar-refractivity contribution in [1.29, 1.82) is 0 Å². The summed E-state index contributed by atoms with van der Waals surface area (Å²) >= 11 is 11.0. The van der Waals surface area contributed by atoms with Gasteiger partial charge in [0.1, 0.15) is 0 Å². The fourth-order valence-corrected chi connectivity index (χ4v) is 3.28. The van der Waals surface area contributed by atoms with Crippen LogP contribution in [-0.2, 0) is 6.54 Å². The molecule has 0 aromatic carbocycles. The van der Waals surface area contributed by atoms with Gasteiger partial charge in [-0.1, -0.05) is 13.8 Å². The standard InChI is InChI=1S/C11H17BrClNS/c1-11(2,5-6-13)8-14-7-9-3-4-10(12)15-9/h3-4,14H,5-8H2,1-2H3. The van der Waals surface area contributed by atoms with Crippen LogP contribution >= 0.6 is 38.9 Å². The van der Waals surface area contributed by atoms with Crippen LogP contribution in [0.2, 0.25) is 0 Å². The van der Waals surface area contributed by atoms with Crippen LogP contribution in [0.3, 0.4) is 0 Å². The highest BCUT2D eigenvalue weighted by Crippen LogP contribution is 2.23. The van der Waals surface area contributed by atoms with Crippen molar-refractivity contribution in [2.75, 3.05) is 12.4 Å². The number of alkyl halides is 1. The largest absolute Gasteiger partial charge is 0.311 e. The van der Waals surface area contributed by atoms with E-state index in [1.54, 1.807) is 11.3 Å². The molecule has 0 aliphatic rings. The predicted octanol–water partition coefficient (Wildman–Crippen LogP) is 4.26. The average Bonchev–Trinajstić information content (AvgIpc) is 2.51. The highest BCUT2D eigenvalue weighted by atomic mass is 79.9. The molecule has 86 valence electrons. The van der Waals surface area contributed by atoms with Crippen molar-refractivity contribution in [2.45, 2.75) is 26.8 Å². The van der Waals surface area contributed by atoms with Crippen molar-refractivity contribution in [3.8, 4) is 0 Å². The number of thiophene rings is 1. The molecule has 1 heterocycles. The van der Waals surface area contributed by atoms with Crippen LogP contribution in [0.1, 0.15) is 25.1 Å². The average molecular weight is 311 g/mol. The lowest BCUT2D eigenvalue weighted by Gasteiger charge is -2.23. The van der Waals surface area contributed by atoms with Gasteiger partial charge in [0, 0.05) is 23.8 Å². The van der Waals surface area contributed by atoms with E-state index >= 15 is 0 Å². The van der Waals surface area contributed by atoms with E-state index in [2.05, 4.69) is 47.2 Å². The summed E-state index contributed by atoms with van der Waals surface area (Å²) in [5, 5.41) is 3.47. The maximum atomic E-state index is 5.75. The van der Waals surface area contributed by atoms with Gasteiger partial charge in [0.2, 0.25) is 0 Å². The van der Waals surface area contributed by atoms with Gasteiger partial charge in [-0.3, -0.25) is 0 Å². The molecule has 1 rings (SSSR count). The summed E-state index contributed by atoms with van der Waals surface area (Å²) in [6.45, 7) is 6.44. The van der Waals surface area contributed by atoms with E-state index in [1.165, 1.54) is 8.66 Å². The molecule has 0 spiro atoms. The van der Waals surface area contributed by atoms with Crippen molar-refractivity contribution in [2.24, 2.45) is 5.41 Å². The van der Waals surface area contributed by atoms with Crippen molar-refractivity contribution < 1.29 is 0 Å². The highest BCUT2D eigenvalue weighted by molar-refractivity contribution is 9.11. The van der Waals surface area contributed by atoms with Gasteiger partial charge < -0.3 is 5.32 Å². The number of rotatable bonds is 6. The van der Waals surface area contributed by atoms with E-state index in [-0.39, 0.29) is 5.41 Å². The maximum Gasteiger partial charge on any atom is 0.0701 e. The summed E-state index contributed by atoms with van der Waals surface area (Å²) in [7, 11) is 0. The third-order valence-corrected chi connectivity index (χ3v) is 4.12. The van der Waals surface area contributed by atoms with Gasteiger partial charge in [0.05, 0.1) is 3.79 Å². The topological polar surface area (TPSA) is 12.0 Å². The first-order valence-electron chi connectivity index (χ1n) is 5.04. The normalized spacial score (nSPS) is 12.0. The summed E-state index contributed by atoms with van der Waals surface area (Å²) in [5.74, 6) is 0.735. The third kappa shape index (κ3) is 5.34. The zero-order valence-corrected chi connectivity index (χ0v) is 12.3. The maximum absolute atomic E-state index is 5.75. The first-order chi connectivity index (χ1) is 7.03. The van der Waals surface area contributed by atoms with Crippen molar-refractivity contribution in [3.63, 3.8) is 0 Å². The van der Waals surface area contributed by atoms with Gasteiger partial charge in [-0.05, 0) is 39.9 Å². The molecule has 0 amide bonds. The Morgan fingerprint density at radius 1 is 1.47 bits per heavy atom. The molecule has 0 atom stereocenters. The summed E-state index contributed by atoms with van der Waals surface area (Å²) in [6, 6.07) is 4.24. The molecular formula is C11H17BrClNS. The fraction of sp³-hybridized carbons (Fsp3) is 0.636. The summed E-state index contributed by atoms with van der Waals surface area (Å²) in [6.07, 6.45) is 1.05. The lowest BCUT2D eigenvalue weighted by Crippen LogP contribution is -2.29. The lowest BCUT2D eigenvalue weighted by molar-refractivity contribution is 0.330. The van der Waals surface area contributed by atoms with E-state index in [4.69, 9.17) is 11.6 Å². The summed E-state index contributed by atoms with van der Waals surface area (Å²) in [4.78, 5) is 1.36. The SMILES string of the molecule is CC(C)(CCCl)CNCc1ccc(Br)s1. The molecule has 0 saturated carbocycles. The van der Waals surface area contributed by atoms with E-state index < -0.39 is 0 Å². The van der Waals surface area contributed by atoms with Crippen LogP contribution in [0.4, 0.5) is 0 Å². The zero-order chi connectivity index (χ0) is 11.3. The Morgan fingerprint density at radius 2 is 2.20 bits per heavy atom.